The minimum atomic E-state index is 0.318. The highest BCUT2D eigenvalue weighted by Crippen LogP contribution is 2.29. The van der Waals surface area contributed by atoms with E-state index in [4.69, 9.17) is 5.73 Å². The van der Waals surface area contributed by atoms with Gasteiger partial charge in [0, 0.05) is 31.9 Å². The Hall–Kier alpha value is -1.84. The van der Waals surface area contributed by atoms with E-state index in [2.05, 4.69) is 52.7 Å². The Kier molecular flexibility index (Phi) is 4.00. The van der Waals surface area contributed by atoms with Crippen molar-refractivity contribution in [1.82, 2.24) is 10.2 Å². The van der Waals surface area contributed by atoms with Crippen LogP contribution >= 0.6 is 0 Å². The number of benzene rings is 2. The average molecular weight is 267 g/mol. The van der Waals surface area contributed by atoms with Gasteiger partial charge in [-0.2, -0.15) is 0 Å². The van der Waals surface area contributed by atoms with Gasteiger partial charge in [-0.05, 0) is 23.3 Å². The largest absolute Gasteiger partial charge is 0.399 e. The van der Waals surface area contributed by atoms with Crippen molar-refractivity contribution in [3.8, 4) is 0 Å². The van der Waals surface area contributed by atoms with E-state index in [1.54, 1.807) is 0 Å². The first-order valence-corrected chi connectivity index (χ1v) is 7.20. The fourth-order valence-electron chi connectivity index (χ4n) is 2.87. The molecule has 3 rings (SSSR count). The number of hydrogen-bond donors (Lipinski definition) is 2. The first kappa shape index (κ1) is 13.2. The second-order valence-corrected chi connectivity index (χ2v) is 5.27. The predicted molar refractivity (Wildman–Crippen MR) is 83.6 cm³/mol. The van der Waals surface area contributed by atoms with Gasteiger partial charge in [0.25, 0.3) is 0 Å². The van der Waals surface area contributed by atoms with Crippen molar-refractivity contribution in [3.63, 3.8) is 0 Å². The summed E-state index contributed by atoms with van der Waals surface area (Å²) < 4.78 is 0. The van der Waals surface area contributed by atoms with Crippen LogP contribution in [0.15, 0.2) is 54.6 Å². The van der Waals surface area contributed by atoms with Crippen LogP contribution in [0.2, 0.25) is 0 Å². The summed E-state index contributed by atoms with van der Waals surface area (Å²) in [5.74, 6) is 0. The second kappa shape index (κ2) is 6.07. The lowest BCUT2D eigenvalue weighted by Crippen LogP contribution is -2.45. The van der Waals surface area contributed by atoms with Crippen molar-refractivity contribution in [2.24, 2.45) is 0 Å². The fraction of sp³-hybridized carbons (Fsp3) is 0.294. The highest BCUT2D eigenvalue weighted by Gasteiger charge is 2.23. The molecule has 0 saturated carbocycles. The quantitative estimate of drug-likeness (QED) is 0.838. The highest BCUT2D eigenvalue weighted by molar-refractivity contribution is 5.42. The number of nitrogen functional groups attached to an aromatic ring is 1. The summed E-state index contributed by atoms with van der Waals surface area (Å²) in [6.45, 7) is 4.25. The molecule has 1 saturated heterocycles. The summed E-state index contributed by atoms with van der Waals surface area (Å²) in [5.41, 5.74) is 9.30. The highest BCUT2D eigenvalue weighted by atomic mass is 15.2. The van der Waals surface area contributed by atoms with Crippen LogP contribution in [0.5, 0.6) is 0 Å². The van der Waals surface area contributed by atoms with Gasteiger partial charge in [0.1, 0.15) is 0 Å². The lowest BCUT2D eigenvalue weighted by molar-refractivity contribution is 0.198. The molecule has 2 aromatic carbocycles. The van der Waals surface area contributed by atoms with E-state index in [0.717, 1.165) is 31.9 Å². The first-order chi connectivity index (χ1) is 9.84. The third-order valence-electron chi connectivity index (χ3n) is 3.88. The summed E-state index contributed by atoms with van der Waals surface area (Å²) >= 11 is 0. The van der Waals surface area contributed by atoms with Crippen molar-refractivity contribution >= 4 is 5.69 Å². The minimum Gasteiger partial charge on any atom is -0.399 e. The maximum Gasteiger partial charge on any atom is 0.0602 e. The van der Waals surface area contributed by atoms with Crippen LogP contribution in [0, 0.1) is 0 Å². The van der Waals surface area contributed by atoms with Crippen molar-refractivity contribution < 1.29 is 0 Å². The van der Waals surface area contributed by atoms with Crippen LogP contribution < -0.4 is 11.1 Å². The topological polar surface area (TPSA) is 41.3 Å². The van der Waals surface area contributed by atoms with E-state index in [-0.39, 0.29) is 0 Å². The summed E-state index contributed by atoms with van der Waals surface area (Å²) in [6, 6.07) is 19.3. The van der Waals surface area contributed by atoms with E-state index in [0.29, 0.717) is 6.04 Å². The number of anilines is 1. The SMILES string of the molecule is Nc1ccc(C(c2ccccc2)N2CCNCC2)cc1. The molecule has 1 heterocycles. The first-order valence-electron chi connectivity index (χ1n) is 7.20. The van der Waals surface area contributed by atoms with Crippen LogP contribution in [-0.4, -0.2) is 31.1 Å². The Bertz CT molecular complexity index is 530. The van der Waals surface area contributed by atoms with Gasteiger partial charge in [-0.25, -0.2) is 0 Å². The van der Waals surface area contributed by atoms with Crippen LogP contribution in [0.1, 0.15) is 17.2 Å². The van der Waals surface area contributed by atoms with Crippen molar-refractivity contribution in [3.05, 3.63) is 65.7 Å². The fourth-order valence-corrected chi connectivity index (χ4v) is 2.87. The van der Waals surface area contributed by atoms with E-state index >= 15 is 0 Å². The Morgan fingerprint density at radius 2 is 1.45 bits per heavy atom. The molecular formula is C17H21N3. The summed E-state index contributed by atoms with van der Waals surface area (Å²) in [7, 11) is 0. The summed E-state index contributed by atoms with van der Waals surface area (Å²) in [4.78, 5) is 2.54. The van der Waals surface area contributed by atoms with Gasteiger partial charge in [-0.3, -0.25) is 4.90 Å². The van der Waals surface area contributed by atoms with Crippen molar-refractivity contribution in [2.75, 3.05) is 31.9 Å². The number of nitrogens with one attached hydrogen (secondary N) is 1. The van der Waals surface area contributed by atoms with Gasteiger partial charge in [-0.15, -0.1) is 0 Å². The molecule has 1 aliphatic heterocycles. The Morgan fingerprint density at radius 1 is 0.850 bits per heavy atom. The molecular weight excluding hydrogens is 246 g/mol. The Labute approximate surface area is 120 Å². The standard InChI is InChI=1S/C17H21N3/c18-16-8-6-15(7-9-16)17(14-4-2-1-3-5-14)20-12-10-19-11-13-20/h1-9,17,19H,10-13,18H2. The Morgan fingerprint density at radius 3 is 2.10 bits per heavy atom. The van der Waals surface area contributed by atoms with E-state index in [1.165, 1.54) is 11.1 Å². The molecule has 1 fully saturated rings. The zero-order valence-corrected chi connectivity index (χ0v) is 11.6. The lowest BCUT2D eigenvalue weighted by Gasteiger charge is -2.35. The van der Waals surface area contributed by atoms with Gasteiger partial charge < -0.3 is 11.1 Å². The van der Waals surface area contributed by atoms with Crippen LogP contribution in [0.3, 0.4) is 0 Å². The third-order valence-corrected chi connectivity index (χ3v) is 3.88. The average Bonchev–Trinajstić information content (AvgIpc) is 2.52. The molecule has 3 nitrogen and oxygen atoms in total. The van der Waals surface area contributed by atoms with Gasteiger partial charge in [0.2, 0.25) is 0 Å². The number of piperazine rings is 1. The monoisotopic (exact) mass is 267 g/mol. The molecule has 0 aromatic heterocycles. The molecule has 1 aliphatic rings. The molecule has 1 atom stereocenters. The predicted octanol–water partition coefficient (Wildman–Crippen LogP) is 2.26. The van der Waals surface area contributed by atoms with Crippen LogP contribution in [0.4, 0.5) is 5.69 Å². The number of nitrogens with zero attached hydrogens (tertiary/aromatic N) is 1. The van der Waals surface area contributed by atoms with Crippen molar-refractivity contribution in [1.29, 1.82) is 0 Å². The second-order valence-electron chi connectivity index (χ2n) is 5.27. The van der Waals surface area contributed by atoms with Gasteiger partial charge in [0.05, 0.1) is 6.04 Å². The van der Waals surface area contributed by atoms with Crippen LogP contribution in [-0.2, 0) is 0 Å². The van der Waals surface area contributed by atoms with Gasteiger partial charge in [-0.1, -0.05) is 42.5 Å². The molecule has 104 valence electrons. The summed E-state index contributed by atoms with van der Waals surface area (Å²) in [5, 5.41) is 3.42. The van der Waals surface area contributed by atoms with Gasteiger partial charge in [0.15, 0.2) is 0 Å². The molecule has 0 amide bonds. The van der Waals surface area contributed by atoms with Crippen molar-refractivity contribution in [2.45, 2.75) is 6.04 Å². The molecule has 2 aromatic rings. The van der Waals surface area contributed by atoms with Crippen LogP contribution in [0.25, 0.3) is 0 Å². The minimum absolute atomic E-state index is 0.318. The summed E-state index contributed by atoms with van der Waals surface area (Å²) in [6.07, 6.45) is 0. The number of hydrogen-bond acceptors (Lipinski definition) is 3. The molecule has 1 unspecified atom stereocenters. The zero-order chi connectivity index (χ0) is 13.8. The molecule has 0 bridgehead atoms. The Balaban J connectivity index is 1.96. The zero-order valence-electron chi connectivity index (χ0n) is 11.6. The number of rotatable bonds is 3. The lowest BCUT2D eigenvalue weighted by atomic mass is 9.96. The smallest absolute Gasteiger partial charge is 0.0602 e. The molecule has 0 radical (unpaired) electrons. The van der Waals surface area contributed by atoms with E-state index in [1.807, 2.05) is 12.1 Å². The normalized spacial score (nSPS) is 17.8. The van der Waals surface area contributed by atoms with E-state index in [9.17, 15) is 0 Å². The molecule has 3 heteroatoms. The number of nitrogens with two attached hydrogens (primary N) is 1. The molecule has 0 aliphatic carbocycles. The molecule has 20 heavy (non-hydrogen) atoms. The maximum atomic E-state index is 5.82. The molecule has 0 spiro atoms. The van der Waals surface area contributed by atoms with Gasteiger partial charge >= 0.3 is 0 Å². The van der Waals surface area contributed by atoms with E-state index < -0.39 is 0 Å². The molecule has 3 N–H and O–H groups in total. The maximum absolute atomic E-state index is 5.82. The third kappa shape index (κ3) is 2.84.